The molecule has 5 nitrogen and oxygen atoms in total. The number of aromatic amines is 1. The van der Waals surface area contributed by atoms with Gasteiger partial charge in [0.25, 0.3) is 0 Å². The molecule has 3 rings (SSSR count). The predicted molar refractivity (Wildman–Crippen MR) is 123 cm³/mol. The van der Waals surface area contributed by atoms with Gasteiger partial charge >= 0.3 is 0 Å². The molecule has 0 amide bonds. The lowest BCUT2D eigenvalue weighted by atomic mass is 10.1. The minimum Gasteiger partial charge on any atom is -0.365 e. The van der Waals surface area contributed by atoms with E-state index in [9.17, 15) is 0 Å². The lowest BCUT2D eigenvalue weighted by Gasteiger charge is -2.21. The fourth-order valence-electron chi connectivity index (χ4n) is 2.78. The van der Waals surface area contributed by atoms with Crippen LogP contribution in [-0.4, -0.2) is 26.9 Å². The first-order chi connectivity index (χ1) is 13.8. The molecule has 0 aliphatic carbocycles. The topological polar surface area (TPSA) is 76.9 Å². The number of anilines is 1. The van der Waals surface area contributed by atoms with Crippen LogP contribution in [-0.2, 0) is 0 Å². The summed E-state index contributed by atoms with van der Waals surface area (Å²) in [6, 6.07) is 20.0. The number of H-pyrrole nitrogens is 1. The maximum atomic E-state index is 8.10. The molecule has 0 aliphatic rings. The highest BCUT2D eigenvalue weighted by Crippen LogP contribution is 2.30. The Balaban J connectivity index is 1.99. The highest BCUT2D eigenvalue weighted by Gasteiger charge is 2.17. The molecule has 0 saturated heterocycles. The number of aromatic nitrogens is 2. The third-order valence-corrected chi connectivity index (χ3v) is 4.08. The minimum atomic E-state index is -0.134. The Morgan fingerprint density at radius 1 is 1.03 bits per heavy atom. The molecule has 2 aromatic carbocycles. The van der Waals surface area contributed by atoms with E-state index in [1.165, 1.54) is 0 Å². The van der Waals surface area contributed by atoms with Gasteiger partial charge < -0.3 is 15.7 Å². The molecule has 3 N–H and O–H groups in total. The van der Waals surface area contributed by atoms with Crippen LogP contribution in [0.4, 0.5) is 11.8 Å². The number of hydrogen-bond acceptors (Lipinski definition) is 4. The molecule has 0 unspecified atom stereocenters. The van der Waals surface area contributed by atoms with E-state index in [2.05, 4.69) is 36.1 Å². The molecule has 1 heterocycles. The van der Waals surface area contributed by atoms with E-state index in [1.54, 1.807) is 6.92 Å². The van der Waals surface area contributed by atoms with Crippen LogP contribution in [0.1, 0.15) is 33.3 Å². The van der Waals surface area contributed by atoms with Gasteiger partial charge in [-0.1, -0.05) is 66.7 Å². The van der Waals surface area contributed by atoms with Crippen molar-refractivity contribution < 1.29 is 0 Å². The van der Waals surface area contributed by atoms with E-state index in [0.29, 0.717) is 17.4 Å². The average molecular weight is 386 g/mol. The average Bonchev–Trinajstić information content (AvgIpc) is 3.07. The second kappa shape index (κ2) is 8.69. The first-order valence-electron chi connectivity index (χ1n) is 9.63. The van der Waals surface area contributed by atoms with Crippen molar-refractivity contribution in [2.45, 2.75) is 33.2 Å². The van der Waals surface area contributed by atoms with E-state index in [0.717, 1.165) is 22.6 Å². The third-order valence-electron chi connectivity index (χ3n) is 4.08. The van der Waals surface area contributed by atoms with Crippen molar-refractivity contribution >= 4 is 29.3 Å². The Morgan fingerprint density at radius 2 is 1.66 bits per heavy atom. The van der Waals surface area contributed by atoms with Crippen LogP contribution < -0.4 is 5.32 Å². The number of nitrogens with one attached hydrogen (secondary N) is 3. The van der Waals surface area contributed by atoms with Gasteiger partial charge in [-0.15, -0.1) is 0 Å². The van der Waals surface area contributed by atoms with Gasteiger partial charge in [-0.05, 0) is 39.3 Å². The van der Waals surface area contributed by atoms with Gasteiger partial charge in [-0.3, -0.25) is 0 Å². The zero-order valence-electron chi connectivity index (χ0n) is 17.3. The molecule has 0 radical (unpaired) electrons. The van der Waals surface area contributed by atoms with Crippen molar-refractivity contribution in [2.24, 2.45) is 4.99 Å². The monoisotopic (exact) mass is 385 g/mol. The quantitative estimate of drug-likeness (QED) is 0.448. The van der Waals surface area contributed by atoms with Gasteiger partial charge in [0, 0.05) is 11.1 Å². The summed E-state index contributed by atoms with van der Waals surface area (Å²) >= 11 is 0. The van der Waals surface area contributed by atoms with Gasteiger partial charge in [-0.2, -0.15) is 0 Å². The Morgan fingerprint density at radius 3 is 2.24 bits per heavy atom. The highest BCUT2D eigenvalue weighted by atomic mass is 15.2. The molecular weight excluding hydrogens is 358 g/mol. The summed E-state index contributed by atoms with van der Waals surface area (Å²) in [7, 11) is 0. The summed E-state index contributed by atoms with van der Waals surface area (Å²) in [6.07, 6.45) is 3.80. The number of aliphatic imine (C=N–C) groups is 1. The summed E-state index contributed by atoms with van der Waals surface area (Å²) < 4.78 is 0. The maximum Gasteiger partial charge on any atom is 0.229 e. The predicted octanol–water partition coefficient (Wildman–Crippen LogP) is 6.11. The Labute approximate surface area is 172 Å². The fraction of sp³-hybridized carbons (Fsp3) is 0.208. The number of nitrogens with zero attached hydrogens (tertiary/aromatic N) is 2. The number of imidazole rings is 1. The van der Waals surface area contributed by atoms with Gasteiger partial charge in [0.2, 0.25) is 5.95 Å². The molecule has 0 atom stereocenters. The SMILES string of the molecule is CC(=N)C(/C=C/c1ccccc1)=N\c1nc(-c2ccccc2)c(NC(C)(C)C)[nH]1. The number of benzene rings is 2. The maximum absolute atomic E-state index is 8.10. The summed E-state index contributed by atoms with van der Waals surface area (Å²) in [5.41, 5.74) is 3.67. The second-order valence-corrected chi connectivity index (χ2v) is 7.89. The molecule has 29 heavy (non-hydrogen) atoms. The van der Waals surface area contributed by atoms with Crippen LogP contribution in [0.5, 0.6) is 0 Å². The van der Waals surface area contributed by atoms with E-state index in [1.807, 2.05) is 72.8 Å². The highest BCUT2D eigenvalue weighted by molar-refractivity contribution is 6.45. The molecule has 0 spiro atoms. The van der Waals surface area contributed by atoms with Gasteiger partial charge in [0.05, 0.1) is 11.4 Å². The van der Waals surface area contributed by atoms with Crippen molar-refractivity contribution in [3.05, 3.63) is 72.3 Å². The molecule has 3 aromatic rings. The number of allylic oxidation sites excluding steroid dienone is 1. The molecule has 148 valence electrons. The van der Waals surface area contributed by atoms with Crippen molar-refractivity contribution in [1.29, 1.82) is 5.41 Å². The number of rotatable bonds is 6. The Bertz CT molecular complexity index is 1020. The van der Waals surface area contributed by atoms with Crippen LogP contribution in [0.25, 0.3) is 17.3 Å². The van der Waals surface area contributed by atoms with E-state index in [4.69, 9.17) is 10.4 Å². The second-order valence-electron chi connectivity index (χ2n) is 7.89. The molecule has 0 fully saturated rings. The Hall–Kier alpha value is -3.47. The number of hydrogen-bond donors (Lipinski definition) is 3. The van der Waals surface area contributed by atoms with Crippen LogP contribution in [0.2, 0.25) is 0 Å². The van der Waals surface area contributed by atoms with Crippen molar-refractivity contribution in [1.82, 2.24) is 9.97 Å². The van der Waals surface area contributed by atoms with Gasteiger partial charge in [0.1, 0.15) is 11.5 Å². The standard InChI is InChI=1S/C24H27N5/c1-17(25)20(16-15-18-11-7-5-8-12-18)26-23-27-21(19-13-9-6-10-14-19)22(28-23)29-24(2,3)4/h5-16,25,29H,1-4H3,(H,27,28)/b16-15+,25-17?,26-20-. The first-order valence-corrected chi connectivity index (χ1v) is 9.63. The van der Waals surface area contributed by atoms with Gasteiger partial charge in [0.15, 0.2) is 0 Å². The summed E-state index contributed by atoms with van der Waals surface area (Å²) in [5.74, 6) is 1.28. The van der Waals surface area contributed by atoms with Crippen LogP contribution in [0, 0.1) is 5.41 Å². The van der Waals surface area contributed by atoms with E-state index < -0.39 is 0 Å². The van der Waals surface area contributed by atoms with E-state index >= 15 is 0 Å². The van der Waals surface area contributed by atoms with Crippen LogP contribution in [0.3, 0.4) is 0 Å². The van der Waals surface area contributed by atoms with Crippen molar-refractivity contribution in [3.63, 3.8) is 0 Å². The zero-order valence-corrected chi connectivity index (χ0v) is 17.3. The van der Waals surface area contributed by atoms with E-state index in [-0.39, 0.29) is 5.54 Å². The minimum absolute atomic E-state index is 0.134. The molecule has 0 saturated carbocycles. The molecule has 5 heteroatoms. The normalized spacial score (nSPS) is 12.3. The third kappa shape index (κ3) is 5.75. The van der Waals surface area contributed by atoms with Crippen LogP contribution in [0.15, 0.2) is 71.7 Å². The fourth-order valence-corrected chi connectivity index (χ4v) is 2.78. The summed E-state index contributed by atoms with van der Waals surface area (Å²) in [6.45, 7) is 8.02. The first kappa shape index (κ1) is 20.3. The molecular formula is C24H27N5. The lowest BCUT2D eigenvalue weighted by molar-refractivity contribution is 0.631. The largest absolute Gasteiger partial charge is 0.365 e. The molecule has 0 bridgehead atoms. The summed E-state index contributed by atoms with van der Waals surface area (Å²) in [4.78, 5) is 12.6. The van der Waals surface area contributed by atoms with Crippen molar-refractivity contribution in [2.75, 3.05) is 5.32 Å². The zero-order chi connectivity index (χ0) is 20.9. The van der Waals surface area contributed by atoms with Crippen LogP contribution >= 0.6 is 0 Å². The van der Waals surface area contributed by atoms with Gasteiger partial charge in [-0.25, -0.2) is 9.98 Å². The summed E-state index contributed by atoms with van der Waals surface area (Å²) in [5, 5.41) is 11.6. The molecule has 0 aliphatic heterocycles. The smallest absolute Gasteiger partial charge is 0.229 e. The Kier molecular flexibility index (Phi) is 6.07. The molecule has 1 aromatic heterocycles. The van der Waals surface area contributed by atoms with Crippen molar-refractivity contribution in [3.8, 4) is 11.3 Å². The lowest BCUT2D eigenvalue weighted by Crippen LogP contribution is -2.26.